The second-order valence-corrected chi connectivity index (χ2v) is 11.4. The highest BCUT2D eigenvalue weighted by molar-refractivity contribution is 7.85. The van der Waals surface area contributed by atoms with Crippen LogP contribution in [0.25, 0.3) is 5.57 Å². The average molecular weight is 471 g/mol. The van der Waals surface area contributed by atoms with Crippen molar-refractivity contribution in [3.05, 3.63) is 45.6 Å². The summed E-state index contributed by atoms with van der Waals surface area (Å²) in [6.07, 6.45) is 6.49. The van der Waals surface area contributed by atoms with Gasteiger partial charge in [-0.25, -0.2) is 4.98 Å². The molecule has 2 N–H and O–H groups in total. The molecule has 0 bridgehead atoms. The monoisotopic (exact) mass is 470 g/mol. The molecule has 1 aromatic carbocycles. The van der Waals surface area contributed by atoms with Crippen LogP contribution in [0.5, 0.6) is 0 Å². The van der Waals surface area contributed by atoms with Gasteiger partial charge in [-0.15, -0.1) is 0 Å². The number of nitrogens with one attached hydrogen (secondary N) is 1. The highest BCUT2D eigenvalue weighted by atomic mass is 35.5. The molecule has 32 heavy (non-hydrogen) atoms. The zero-order chi connectivity index (χ0) is 21.9. The molecule has 2 aliphatic carbocycles. The van der Waals surface area contributed by atoms with Crippen LogP contribution in [0.2, 0.25) is 5.02 Å². The maximum Gasteiger partial charge on any atom is 0.227 e. The molecule has 8 heteroatoms. The van der Waals surface area contributed by atoms with Gasteiger partial charge in [0.2, 0.25) is 5.95 Å². The van der Waals surface area contributed by atoms with E-state index in [0.717, 1.165) is 73.6 Å². The molecule has 0 spiro atoms. The Balaban J connectivity index is 1.34. The Kier molecular flexibility index (Phi) is 5.04. The minimum atomic E-state index is -1.10. The third-order valence-electron chi connectivity index (χ3n) is 7.41. The van der Waals surface area contributed by atoms with Crippen LogP contribution in [0.4, 0.5) is 11.8 Å². The van der Waals surface area contributed by atoms with Crippen molar-refractivity contribution in [3.8, 4) is 0 Å². The lowest BCUT2D eigenvalue weighted by Crippen LogP contribution is -2.49. The van der Waals surface area contributed by atoms with E-state index in [1.807, 2.05) is 6.07 Å². The van der Waals surface area contributed by atoms with E-state index in [0.29, 0.717) is 17.5 Å². The fraction of sp³-hybridized carbons (Fsp3) is 0.500. The van der Waals surface area contributed by atoms with Crippen molar-refractivity contribution in [2.24, 2.45) is 0 Å². The SMILES string of the molecule is O=[S@@]1CCCc2nc(N3CCC4=C(Cc5cc(Cl)ccc54)C3)nc(NC3(CO)CCC3)c21. The third kappa shape index (κ3) is 3.37. The lowest BCUT2D eigenvalue weighted by atomic mass is 9.77. The van der Waals surface area contributed by atoms with E-state index in [9.17, 15) is 9.32 Å². The van der Waals surface area contributed by atoms with Gasteiger partial charge < -0.3 is 15.3 Å². The first-order chi connectivity index (χ1) is 15.5. The Morgan fingerprint density at radius 1 is 1.22 bits per heavy atom. The standard InChI is InChI=1S/C24H27ClN4O2S/c25-17-4-5-18-15(12-17)11-16-13-29(9-6-19(16)18)23-26-20-3-1-10-32(31)21(20)22(27-23)28-24(14-30)7-2-8-24/h4-5,12,30H,1-3,6-11,13-14H2,(H,26,27,28)/t32-/m1/s1. The number of nitrogens with zero attached hydrogens (tertiary/aromatic N) is 3. The number of fused-ring (bicyclic) bond motifs is 3. The molecule has 1 fully saturated rings. The average Bonchev–Trinajstić information content (AvgIpc) is 3.12. The molecule has 6 rings (SSSR count). The smallest absolute Gasteiger partial charge is 0.227 e. The lowest BCUT2D eigenvalue weighted by Gasteiger charge is -2.42. The van der Waals surface area contributed by atoms with Crippen molar-refractivity contribution in [3.63, 3.8) is 0 Å². The van der Waals surface area contributed by atoms with Gasteiger partial charge in [0.15, 0.2) is 0 Å². The lowest BCUT2D eigenvalue weighted by molar-refractivity contribution is 0.143. The number of hydrogen-bond acceptors (Lipinski definition) is 6. The summed E-state index contributed by atoms with van der Waals surface area (Å²) in [4.78, 5) is 12.8. The fourth-order valence-corrected chi connectivity index (χ4v) is 7.02. The quantitative estimate of drug-likeness (QED) is 0.708. The molecule has 4 aliphatic rings. The molecular weight excluding hydrogens is 444 g/mol. The van der Waals surface area contributed by atoms with Crippen LogP contribution in [-0.2, 0) is 23.6 Å². The third-order valence-corrected chi connectivity index (χ3v) is 9.19. The summed E-state index contributed by atoms with van der Waals surface area (Å²) in [6.45, 7) is 1.72. The Labute approximate surface area is 195 Å². The van der Waals surface area contributed by atoms with Crippen molar-refractivity contribution in [2.45, 2.75) is 55.4 Å². The van der Waals surface area contributed by atoms with E-state index >= 15 is 0 Å². The zero-order valence-electron chi connectivity index (χ0n) is 18.0. The molecule has 2 aliphatic heterocycles. The first-order valence-corrected chi connectivity index (χ1v) is 13.2. The van der Waals surface area contributed by atoms with Gasteiger partial charge in [0.25, 0.3) is 0 Å². The Morgan fingerprint density at radius 2 is 2.09 bits per heavy atom. The van der Waals surface area contributed by atoms with Gasteiger partial charge in [0.1, 0.15) is 10.7 Å². The van der Waals surface area contributed by atoms with Crippen molar-refractivity contribution in [1.82, 2.24) is 9.97 Å². The predicted octanol–water partition coefficient (Wildman–Crippen LogP) is 3.73. The van der Waals surface area contributed by atoms with Gasteiger partial charge in [-0.1, -0.05) is 17.7 Å². The van der Waals surface area contributed by atoms with Gasteiger partial charge >= 0.3 is 0 Å². The normalized spacial score (nSPS) is 23.3. The van der Waals surface area contributed by atoms with Crippen LogP contribution >= 0.6 is 11.6 Å². The maximum absolute atomic E-state index is 12.9. The summed E-state index contributed by atoms with van der Waals surface area (Å²) in [5.74, 6) is 2.02. The largest absolute Gasteiger partial charge is 0.394 e. The molecule has 6 nitrogen and oxygen atoms in total. The summed E-state index contributed by atoms with van der Waals surface area (Å²) in [5, 5.41) is 14.3. The van der Waals surface area contributed by atoms with Crippen molar-refractivity contribution in [1.29, 1.82) is 0 Å². The second kappa shape index (κ2) is 7.82. The van der Waals surface area contributed by atoms with Crippen LogP contribution in [-0.4, -0.2) is 50.3 Å². The number of aliphatic hydroxyl groups excluding tert-OH is 1. The number of hydrogen-bond donors (Lipinski definition) is 2. The molecule has 1 atom stereocenters. The van der Waals surface area contributed by atoms with E-state index in [1.54, 1.807) is 0 Å². The number of aliphatic hydroxyl groups is 1. The van der Waals surface area contributed by atoms with Gasteiger partial charge in [0, 0.05) is 23.9 Å². The summed E-state index contributed by atoms with van der Waals surface area (Å²) in [7, 11) is -1.10. The number of benzene rings is 1. The molecule has 0 unspecified atom stereocenters. The highest BCUT2D eigenvalue weighted by Gasteiger charge is 2.39. The van der Waals surface area contributed by atoms with Crippen molar-refractivity contribution >= 4 is 39.7 Å². The van der Waals surface area contributed by atoms with Gasteiger partial charge in [-0.05, 0) is 79.4 Å². The molecule has 1 saturated carbocycles. The van der Waals surface area contributed by atoms with Crippen LogP contribution in [0.1, 0.15) is 48.9 Å². The first kappa shape index (κ1) is 20.6. The van der Waals surface area contributed by atoms with E-state index < -0.39 is 10.8 Å². The number of aromatic nitrogens is 2. The molecule has 0 radical (unpaired) electrons. The fourth-order valence-electron chi connectivity index (χ4n) is 5.49. The molecule has 2 aromatic rings. The summed E-state index contributed by atoms with van der Waals surface area (Å²) in [5.41, 5.74) is 6.06. The van der Waals surface area contributed by atoms with Crippen molar-refractivity contribution in [2.75, 3.05) is 35.7 Å². The minimum absolute atomic E-state index is 0.0640. The zero-order valence-corrected chi connectivity index (χ0v) is 19.6. The molecule has 168 valence electrons. The first-order valence-electron chi connectivity index (χ1n) is 11.5. The Bertz CT molecular complexity index is 1160. The van der Waals surface area contributed by atoms with Gasteiger partial charge in [0.05, 0.1) is 28.6 Å². The highest BCUT2D eigenvalue weighted by Crippen LogP contribution is 2.41. The molecule has 0 amide bonds. The molecular formula is C24H27ClN4O2S. The van der Waals surface area contributed by atoms with E-state index in [2.05, 4.69) is 22.3 Å². The number of rotatable bonds is 4. The van der Waals surface area contributed by atoms with Crippen LogP contribution in [0.3, 0.4) is 0 Å². The van der Waals surface area contributed by atoms with E-state index in [-0.39, 0.29) is 12.1 Å². The summed E-state index contributed by atoms with van der Waals surface area (Å²) >= 11 is 6.22. The number of anilines is 2. The Morgan fingerprint density at radius 3 is 2.88 bits per heavy atom. The van der Waals surface area contributed by atoms with E-state index in [4.69, 9.17) is 21.6 Å². The summed E-state index contributed by atoms with van der Waals surface area (Å²) < 4.78 is 12.9. The van der Waals surface area contributed by atoms with Gasteiger partial charge in [-0.2, -0.15) is 4.98 Å². The second-order valence-electron chi connectivity index (χ2n) is 9.45. The number of aryl methyl sites for hydroxylation is 1. The Hall–Kier alpha value is -1.96. The predicted molar refractivity (Wildman–Crippen MR) is 128 cm³/mol. The molecule has 3 heterocycles. The van der Waals surface area contributed by atoms with Crippen molar-refractivity contribution < 1.29 is 9.32 Å². The maximum atomic E-state index is 12.9. The number of halogens is 1. The van der Waals surface area contributed by atoms with E-state index in [1.165, 1.54) is 22.3 Å². The summed E-state index contributed by atoms with van der Waals surface area (Å²) in [6, 6.07) is 6.21. The van der Waals surface area contributed by atoms with Crippen LogP contribution < -0.4 is 10.2 Å². The topological polar surface area (TPSA) is 78.4 Å². The minimum Gasteiger partial charge on any atom is -0.394 e. The van der Waals surface area contributed by atoms with Crippen LogP contribution in [0.15, 0.2) is 28.7 Å². The van der Waals surface area contributed by atoms with Crippen LogP contribution in [0, 0.1) is 0 Å². The molecule has 1 aromatic heterocycles. The van der Waals surface area contributed by atoms with Gasteiger partial charge in [-0.3, -0.25) is 4.21 Å². The molecule has 0 saturated heterocycles.